The second-order valence-electron chi connectivity index (χ2n) is 4.70. The van der Waals surface area contributed by atoms with E-state index in [1.807, 2.05) is 0 Å². The highest BCUT2D eigenvalue weighted by atomic mass is 16.5. The molecule has 1 heterocycles. The van der Waals surface area contributed by atoms with Crippen LogP contribution in [0.2, 0.25) is 0 Å². The summed E-state index contributed by atoms with van der Waals surface area (Å²) in [4.78, 5) is 12.2. The number of fused-ring (bicyclic) bond motifs is 1. The van der Waals surface area contributed by atoms with Gasteiger partial charge in [-0.2, -0.15) is 0 Å². The lowest BCUT2D eigenvalue weighted by molar-refractivity contribution is 0.408. The second kappa shape index (κ2) is 5.00. The molecule has 3 rings (SSSR count). The smallest absolute Gasteiger partial charge is 0.197 e. The summed E-state index contributed by atoms with van der Waals surface area (Å²) in [5.41, 5.74) is 0.0566. The van der Waals surface area contributed by atoms with Crippen LogP contribution in [0, 0.1) is 0 Å². The van der Waals surface area contributed by atoms with Gasteiger partial charge in [-0.05, 0) is 12.1 Å². The van der Waals surface area contributed by atoms with Crippen molar-refractivity contribution >= 4 is 11.0 Å². The van der Waals surface area contributed by atoms with Gasteiger partial charge in [0, 0.05) is 24.3 Å². The van der Waals surface area contributed by atoms with Gasteiger partial charge < -0.3 is 24.5 Å². The van der Waals surface area contributed by atoms with Crippen LogP contribution >= 0.6 is 0 Å². The molecule has 0 aliphatic heterocycles. The minimum Gasteiger partial charge on any atom is -0.508 e. The first-order valence-electron chi connectivity index (χ1n) is 6.37. The van der Waals surface area contributed by atoms with Crippen LogP contribution in [0.5, 0.6) is 23.0 Å². The molecular weight excluding hydrogens is 288 g/mol. The predicted molar refractivity (Wildman–Crippen MR) is 79.5 cm³/mol. The van der Waals surface area contributed by atoms with E-state index in [0.29, 0.717) is 11.3 Å². The number of hydrogen-bond donors (Lipinski definition) is 3. The molecule has 0 saturated carbocycles. The van der Waals surface area contributed by atoms with Crippen molar-refractivity contribution in [1.82, 2.24) is 0 Å². The quantitative estimate of drug-likeness (QED) is 0.672. The molecule has 6 nitrogen and oxygen atoms in total. The fourth-order valence-electron chi connectivity index (χ4n) is 2.27. The Bertz CT molecular complexity index is 926. The molecule has 22 heavy (non-hydrogen) atoms. The molecule has 6 heteroatoms. The van der Waals surface area contributed by atoms with Crippen molar-refractivity contribution in [3.8, 4) is 34.3 Å². The Kier molecular flexibility index (Phi) is 3.14. The average Bonchev–Trinajstić information content (AvgIpc) is 2.45. The Morgan fingerprint density at radius 2 is 1.77 bits per heavy atom. The van der Waals surface area contributed by atoms with Gasteiger partial charge in [-0.15, -0.1) is 0 Å². The lowest BCUT2D eigenvalue weighted by Crippen LogP contribution is -2.01. The van der Waals surface area contributed by atoms with Crippen molar-refractivity contribution < 1.29 is 24.5 Å². The molecule has 0 spiro atoms. The third-order valence-corrected chi connectivity index (χ3v) is 3.25. The molecule has 0 aliphatic carbocycles. The lowest BCUT2D eigenvalue weighted by Gasteiger charge is -2.09. The van der Waals surface area contributed by atoms with E-state index in [0.717, 1.165) is 6.07 Å². The van der Waals surface area contributed by atoms with E-state index in [1.165, 1.54) is 31.4 Å². The number of ether oxygens (including phenoxy) is 1. The molecule has 0 fully saturated rings. The van der Waals surface area contributed by atoms with Gasteiger partial charge in [-0.1, -0.05) is 0 Å². The molecule has 3 aromatic rings. The number of benzene rings is 2. The molecule has 0 bridgehead atoms. The highest BCUT2D eigenvalue weighted by Gasteiger charge is 2.15. The lowest BCUT2D eigenvalue weighted by atomic mass is 10.1. The molecule has 0 aliphatic rings. The maximum Gasteiger partial charge on any atom is 0.197 e. The van der Waals surface area contributed by atoms with E-state index in [2.05, 4.69) is 0 Å². The van der Waals surface area contributed by atoms with Gasteiger partial charge >= 0.3 is 0 Å². The Hall–Kier alpha value is -3.15. The van der Waals surface area contributed by atoms with Crippen LogP contribution in [-0.2, 0) is 0 Å². The van der Waals surface area contributed by atoms with Crippen LogP contribution in [0.1, 0.15) is 0 Å². The van der Waals surface area contributed by atoms with E-state index in [-0.39, 0.29) is 34.0 Å². The molecule has 0 amide bonds. The van der Waals surface area contributed by atoms with Gasteiger partial charge in [0.05, 0.1) is 12.7 Å². The number of aromatic hydroxyl groups is 3. The third kappa shape index (κ3) is 2.20. The van der Waals surface area contributed by atoms with E-state index in [1.54, 1.807) is 6.07 Å². The molecule has 2 aromatic carbocycles. The van der Waals surface area contributed by atoms with Gasteiger partial charge in [0.2, 0.25) is 0 Å². The zero-order chi connectivity index (χ0) is 15.9. The summed E-state index contributed by atoms with van der Waals surface area (Å²) in [5, 5.41) is 28.7. The third-order valence-electron chi connectivity index (χ3n) is 3.25. The minimum atomic E-state index is -0.455. The van der Waals surface area contributed by atoms with Crippen molar-refractivity contribution in [3.05, 3.63) is 46.6 Å². The Labute approximate surface area is 124 Å². The first-order chi connectivity index (χ1) is 10.5. The number of rotatable bonds is 2. The van der Waals surface area contributed by atoms with Crippen molar-refractivity contribution in [2.24, 2.45) is 0 Å². The second-order valence-corrected chi connectivity index (χ2v) is 4.70. The van der Waals surface area contributed by atoms with E-state index < -0.39 is 5.43 Å². The highest BCUT2D eigenvalue weighted by molar-refractivity contribution is 5.86. The number of phenols is 3. The van der Waals surface area contributed by atoms with E-state index in [4.69, 9.17) is 9.15 Å². The fraction of sp³-hybridized carbons (Fsp3) is 0.0625. The monoisotopic (exact) mass is 300 g/mol. The average molecular weight is 300 g/mol. The van der Waals surface area contributed by atoms with Crippen LogP contribution < -0.4 is 10.2 Å². The highest BCUT2D eigenvalue weighted by Crippen LogP contribution is 2.35. The molecule has 0 atom stereocenters. The van der Waals surface area contributed by atoms with Crippen molar-refractivity contribution in [3.63, 3.8) is 0 Å². The Balaban J connectivity index is 2.32. The summed E-state index contributed by atoms with van der Waals surface area (Å²) in [7, 11) is 1.43. The molecule has 0 saturated heterocycles. The minimum absolute atomic E-state index is 0.0130. The molecular formula is C16H12O6. The zero-order valence-electron chi connectivity index (χ0n) is 11.5. The van der Waals surface area contributed by atoms with Gasteiger partial charge in [-0.25, -0.2) is 0 Å². The molecule has 3 N–H and O–H groups in total. The maximum atomic E-state index is 12.2. The summed E-state index contributed by atoms with van der Waals surface area (Å²) < 4.78 is 10.8. The molecule has 0 unspecified atom stereocenters. The van der Waals surface area contributed by atoms with Gasteiger partial charge in [0.15, 0.2) is 5.43 Å². The first-order valence-corrected chi connectivity index (χ1v) is 6.37. The SMILES string of the molecule is COc1cc(O)ccc1-c1cc(=O)c2c(O)cc(O)cc2o1. The molecule has 112 valence electrons. The van der Waals surface area contributed by atoms with Crippen molar-refractivity contribution in [2.75, 3.05) is 7.11 Å². The van der Waals surface area contributed by atoms with Crippen LogP contribution in [0.25, 0.3) is 22.3 Å². The summed E-state index contributed by atoms with van der Waals surface area (Å²) in [6.45, 7) is 0. The predicted octanol–water partition coefficient (Wildman–Crippen LogP) is 2.59. The summed E-state index contributed by atoms with van der Waals surface area (Å²) >= 11 is 0. The van der Waals surface area contributed by atoms with Gasteiger partial charge in [0.25, 0.3) is 0 Å². The normalized spacial score (nSPS) is 10.8. The summed E-state index contributed by atoms with van der Waals surface area (Å²) in [5.74, 6) is -0.0406. The van der Waals surface area contributed by atoms with Gasteiger partial charge in [0.1, 0.15) is 39.7 Å². The maximum absolute atomic E-state index is 12.2. The van der Waals surface area contributed by atoms with E-state index >= 15 is 0 Å². The number of hydrogen-bond acceptors (Lipinski definition) is 6. The standard InChI is InChI=1S/C16H12O6/c1-21-13-5-8(17)2-3-10(13)14-7-12(20)16-11(19)4-9(18)6-15(16)22-14/h2-7,17-19H,1H3. The first kappa shape index (κ1) is 13.8. The number of methoxy groups -OCH3 is 1. The summed E-state index contributed by atoms with van der Waals surface area (Å²) in [6, 6.07) is 7.89. The van der Waals surface area contributed by atoms with E-state index in [9.17, 15) is 20.1 Å². The van der Waals surface area contributed by atoms with Gasteiger partial charge in [-0.3, -0.25) is 4.79 Å². The van der Waals surface area contributed by atoms with Crippen molar-refractivity contribution in [1.29, 1.82) is 0 Å². The topological polar surface area (TPSA) is 100 Å². The number of phenolic OH excluding ortho intramolecular Hbond substituents is 3. The van der Waals surface area contributed by atoms with Crippen LogP contribution in [0.4, 0.5) is 0 Å². The Morgan fingerprint density at radius 1 is 1.00 bits per heavy atom. The van der Waals surface area contributed by atoms with Crippen LogP contribution in [0.3, 0.4) is 0 Å². The molecule has 0 radical (unpaired) electrons. The van der Waals surface area contributed by atoms with Crippen LogP contribution in [-0.4, -0.2) is 22.4 Å². The van der Waals surface area contributed by atoms with Crippen molar-refractivity contribution in [2.45, 2.75) is 0 Å². The summed E-state index contributed by atoms with van der Waals surface area (Å²) in [6.07, 6.45) is 0. The zero-order valence-corrected chi connectivity index (χ0v) is 11.5. The fourth-order valence-corrected chi connectivity index (χ4v) is 2.27. The van der Waals surface area contributed by atoms with Crippen LogP contribution in [0.15, 0.2) is 45.6 Å². The molecule has 1 aromatic heterocycles. The largest absolute Gasteiger partial charge is 0.508 e. The Morgan fingerprint density at radius 3 is 2.50 bits per heavy atom.